The number of anilines is 1. The minimum atomic E-state index is -1.22. The molecule has 1 aliphatic heterocycles. The van der Waals surface area contributed by atoms with Crippen molar-refractivity contribution in [3.8, 4) is 0 Å². The Morgan fingerprint density at radius 2 is 2.23 bits per heavy atom. The standard InChI is InChI=1S/C8H9FN2O2/c9-7-5(1-2-6(10)11-7)8(12)3-13-4-8/h1-2,12H,3-4H2,(H2,10,11). The van der Waals surface area contributed by atoms with Crippen LogP contribution in [0.25, 0.3) is 0 Å². The van der Waals surface area contributed by atoms with Crippen LogP contribution in [0.5, 0.6) is 0 Å². The molecule has 0 amide bonds. The summed E-state index contributed by atoms with van der Waals surface area (Å²) in [6.45, 7) is 0.213. The molecule has 1 fully saturated rings. The van der Waals surface area contributed by atoms with E-state index in [2.05, 4.69) is 4.98 Å². The third kappa shape index (κ3) is 1.26. The maximum Gasteiger partial charge on any atom is 0.221 e. The fourth-order valence-corrected chi connectivity index (χ4v) is 1.25. The second-order valence-corrected chi connectivity index (χ2v) is 3.10. The van der Waals surface area contributed by atoms with Crippen molar-refractivity contribution in [2.75, 3.05) is 18.9 Å². The van der Waals surface area contributed by atoms with E-state index < -0.39 is 11.5 Å². The lowest BCUT2D eigenvalue weighted by molar-refractivity contribution is -0.186. The zero-order valence-electron chi connectivity index (χ0n) is 6.83. The first-order valence-electron chi connectivity index (χ1n) is 3.84. The highest BCUT2D eigenvalue weighted by molar-refractivity contribution is 5.33. The van der Waals surface area contributed by atoms with Gasteiger partial charge in [0, 0.05) is 5.56 Å². The van der Waals surface area contributed by atoms with Crippen molar-refractivity contribution in [3.63, 3.8) is 0 Å². The first-order chi connectivity index (χ1) is 6.12. The second-order valence-electron chi connectivity index (χ2n) is 3.10. The van der Waals surface area contributed by atoms with Gasteiger partial charge >= 0.3 is 0 Å². The summed E-state index contributed by atoms with van der Waals surface area (Å²) < 4.78 is 18.0. The Morgan fingerprint density at radius 1 is 1.54 bits per heavy atom. The highest BCUT2D eigenvalue weighted by atomic mass is 19.1. The first kappa shape index (κ1) is 8.40. The number of hydrogen-bond donors (Lipinski definition) is 2. The number of ether oxygens (including phenoxy) is 1. The lowest BCUT2D eigenvalue weighted by atomic mass is 9.93. The minimum absolute atomic E-state index is 0.102. The van der Waals surface area contributed by atoms with Crippen LogP contribution >= 0.6 is 0 Å². The van der Waals surface area contributed by atoms with Gasteiger partial charge in [-0.2, -0.15) is 4.39 Å². The predicted octanol–water partition coefficient (Wildman–Crippen LogP) is 0.0207. The molecule has 2 heterocycles. The van der Waals surface area contributed by atoms with Gasteiger partial charge in [0.15, 0.2) is 0 Å². The molecule has 4 nitrogen and oxygen atoms in total. The summed E-state index contributed by atoms with van der Waals surface area (Å²) in [7, 11) is 0. The number of aliphatic hydroxyl groups is 1. The number of hydrogen-bond acceptors (Lipinski definition) is 4. The Morgan fingerprint density at radius 3 is 2.69 bits per heavy atom. The van der Waals surface area contributed by atoms with Gasteiger partial charge < -0.3 is 15.6 Å². The molecule has 0 saturated carbocycles. The van der Waals surface area contributed by atoms with E-state index in [0.29, 0.717) is 0 Å². The molecule has 70 valence electrons. The average Bonchev–Trinajstić information content (AvgIpc) is 2.00. The summed E-state index contributed by atoms with van der Waals surface area (Å²) in [4.78, 5) is 3.42. The normalized spacial score (nSPS) is 19.5. The second kappa shape index (κ2) is 2.65. The van der Waals surface area contributed by atoms with Gasteiger partial charge in [-0.05, 0) is 12.1 Å². The predicted molar refractivity (Wildman–Crippen MR) is 43.3 cm³/mol. The van der Waals surface area contributed by atoms with Gasteiger partial charge in [0.2, 0.25) is 5.95 Å². The summed E-state index contributed by atoms with van der Waals surface area (Å²) in [6.07, 6.45) is 0. The van der Waals surface area contributed by atoms with Gasteiger partial charge in [0.05, 0.1) is 13.2 Å². The van der Waals surface area contributed by atoms with Crippen molar-refractivity contribution < 1.29 is 14.2 Å². The molecule has 0 radical (unpaired) electrons. The van der Waals surface area contributed by atoms with E-state index in [9.17, 15) is 9.50 Å². The van der Waals surface area contributed by atoms with Crippen LogP contribution in [0.4, 0.5) is 10.2 Å². The molecule has 1 aromatic rings. The van der Waals surface area contributed by atoms with E-state index in [-0.39, 0.29) is 24.6 Å². The average molecular weight is 184 g/mol. The van der Waals surface area contributed by atoms with Gasteiger partial charge in [0.1, 0.15) is 11.4 Å². The van der Waals surface area contributed by atoms with E-state index in [1.165, 1.54) is 12.1 Å². The van der Waals surface area contributed by atoms with Crippen molar-refractivity contribution >= 4 is 5.82 Å². The zero-order chi connectivity index (χ0) is 9.47. The van der Waals surface area contributed by atoms with E-state index in [0.717, 1.165) is 0 Å². The van der Waals surface area contributed by atoms with Crippen LogP contribution in [0, 0.1) is 5.95 Å². The van der Waals surface area contributed by atoms with Crippen molar-refractivity contribution in [2.45, 2.75) is 5.60 Å². The Balaban J connectivity index is 2.40. The quantitative estimate of drug-likeness (QED) is 0.604. The Hall–Kier alpha value is -1.20. The molecule has 2 rings (SSSR count). The number of nitrogens with two attached hydrogens (primary N) is 1. The third-order valence-electron chi connectivity index (χ3n) is 2.05. The van der Waals surface area contributed by atoms with Gasteiger partial charge in [-0.25, -0.2) is 4.98 Å². The molecule has 5 heteroatoms. The monoisotopic (exact) mass is 184 g/mol. The largest absolute Gasteiger partial charge is 0.384 e. The Labute approximate surface area is 74.2 Å². The first-order valence-corrected chi connectivity index (χ1v) is 3.84. The topological polar surface area (TPSA) is 68.4 Å². The summed E-state index contributed by atoms with van der Waals surface area (Å²) in [5, 5.41) is 9.71. The molecule has 1 aromatic heterocycles. The lowest BCUT2D eigenvalue weighted by Gasteiger charge is -2.36. The van der Waals surface area contributed by atoms with Crippen LogP contribution in [0.1, 0.15) is 5.56 Å². The smallest absolute Gasteiger partial charge is 0.221 e. The maximum absolute atomic E-state index is 13.2. The summed E-state index contributed by atoms with van der Waals surface area (Å²) in [5.41, 5.74) is 4.20. The SMILES string of the molecule is Nc1ccc(C2(O)COC2)c(F)n1. The molecule has 3 N–H and O–H groups in total. The Bertz CT molecular complexity index is 339. The fourth-order valence-electron chi connectivity index (χ4n) is 1.25. The number of aromatic nitrogens is 1. The molecule has 13 heavy (non-hydrogen) atoms. The number of pyridine rings is 1. The molecular formula is C8H9FN2O2. The zero-order valence-corrected chi connectivity index (χ0v) is 6.83. The van der Waals surface area contributed by atoms with Crippen LogP contribution in [-0.4, -0.2) is 23.3 Å². The van der Waals surface area contributed by atoms with Crippen LogP contribution in [0.15, 0.2) is 12.1 Å². The molecule has 0 spiro atoms. The molecule has 0 unspecified atom stereocenters. The lowest BCUT2D eigenvalue weighted by Crippen LogP contribution is -2.47. The fraction of sp³-hybridized carbons (Fsp3) is 0.375. The molecule has 0 atom stereocenters. The summed E-state index contributed by atoms with van der Waals surface area (Å²) >= 11 is 0. The van der Waals surface area contributed by atoms with E-state index in [1.807, 2.05) is 0 Å². The van der Waals surface area contributed by atoms with Crippen molar-refractivity contribution in [1.29, 1.82) is 0 Å². The number of nitrogen functional groups attached to an aromatic ring is 1. The minimum Gasteiger partial charge on any atom is -0.384 e. The molecule has 0 aromatic carbocycles. The summed E-state index contributed by atoms with van der Waals surface area (Å²) in [5.74, 6) is -0.629. The van der Waals surface area contributed by atoms with Gasteiger partial charge in [-0.1, -0.05) is 0 Å². The molecule has 0 bridgehead atoms. The van der Waals surface area contributed by atoms with E-state index in [1.54, 1.807) is 0 Å². The van der Waals surface area contributed by atoms with Crippen molar-refractivity contribution in [3.05, 3.63) is 23.6 Å². The van der Waals surface area contributed by atoms with Crippen LogP contribution < -0.4 is 5.73 Å². The van der Waals surface area contributed by atoms with Crippen LogP contribution in [0.3, 0.4) is 0 Å². The highest BCUT2D eigenvalue weighted by Crippen LogP contribution is 2.30. The number of halogens is 1. The van der Waals surface area contributed by atoms with Crippen molar-refractivity contribution in [1.82, 2.24) is 4.98 Å². The van der Waals surface area contributed by atoms with Gasteiger partial charge in [-0.15, -0.1) is 0 Å². The molecule has 1 aliphatic rings. The van der Waals surface area contributed by atoms with Gasteiger partial charge in [-0.3, -0.25) is 0 Å². The molecular weight excluding hydrogens is 175 g/mol. The van der Waals surface area contributed by atoms with E-state index in [4.69, 9.17) is 10.5 Å². The van der Waals surface area contributed by atoms with Crippen molar-refractivity contribution in [2.24, 2.45) is 0 Å². The van der Waals surface area contributed by atoms with Crippen LogP contribution in [0.2, 0.25) is 0 Å². The summed E-state index contributed by atoms with van der Waals surface area (Å²) in [6, 6.07) is 2.88. The van der Waals surface area contributed by atoms with E-state index >= 15 is 0 Å². The number of rotatable bonds is 1. The molecule has 1 saturated heterocycles. The maximum atomic E-state index is 13.2. The Kier molecular flexibility index (Phi) is 1.71. The van der Waals surface area contributed by atoms with Gasteiger partial charge in [0.25, 0.3) is 0 Å². The number of nitrogens with zero attached hydrogens (tertiary/aromatic N) is 1. The highest BCUT2D eigenvalue weighted by Gasteiger charge is 2.40. The van der Waals surface area contributed by atoms with Crippen LogP contribution in [-0.2, 0) is 10.3 Å². The third-order valence-corrected chi connectivity index (χ3v) is 2.05. The molecule has 0 aliphatic carbocycles.